The van der Waals surface area contributed by atoms with Crippen LogP contribution in [0.3, 0.4) is 0 Å². The summed E-state index contributed by atoms with van der Waals surface area (Å²) in [6.45, 7) is 0. The fourth-order valence-corrected chi connectivity index (χ4v) is 2.37. The first-order valence-corrected chi connectivity index (χ1v) is 6.41. The van der Waals surface area contributed by atoms with Crippen LogP contribution in [0, 0.1) is 0 Å². The van der Waals surface area contributed by atoms with E-state index in [-0.39, 0.29) is 24.3 Å². The molecule has 4 nitrogen and oxygen atoms in total. The Balaban J connectivity index is 1.83. The van der Waals surface area contributed by atoms with Crippen molar-refractivity contribution in [2.45, 2.75) is 31.3 Å². The largest absolute Gasteiger partial charge is 0.303 e. The summed E-state index contributed by atoms with van der Waals surface area (Å²) in [5, 5.41) is 3.72. The van der Waals surface area contributed by atoms with Gasteiger partial charge in [0.2, 0.25) is 5.91 Å². The number of rotatable bonds is 3. The Morgan fingerprint density at radius 1 is 1.28 bits per heavy atom. The van der Waals surface area contributed by atoms with E-state index in [2.05, 4.69) is 5.32 Å². The summed E-state index contributed by atoms with van der Waals surface area (Å²) >= 11 is 5.88. The minimum absolute atomic E-state index is 0.166. The van der Waals surface area contributed by atoms with E-state index in [1.807, 2.05) is 0 Å². The van der Waals surface area contributed by atoms with Crippen molar-refractivity contribution in [1.82, 2.24) is 5.32 Å². The molecule has 18 heavy (non-hydrogen) atoms. The number of imide groups is 1. The number of halogens is 1. The molecule has 2 amide bonds. The van der Waals surface area contributed by atoms with Crippen molar-refractivity contribution in [3.05, 3.63) is 29.3 Å². The lowest BCUT2D eigenvalue weighted by Crippen LogP contribution is -2.39. The summed E-state index contributed by atoms with van der Waals surface area (Å²) in [4.78, 5) is 25.3. The molecule has 1 saturated carbocycles. The topological polar surface area (TPSA) is 49.4 Å². The van der Waals surface area contributed by atoms with Gasteiger partial charge in [-0.1, -0.05) is 17.7 Å². The predicted octanol–water partition coefficient (Wildman–Crippen LogP) is 1.72. The summed E-state index contributed by atoms with van der Waals surface area (Å²) in [7, 11) is 0. The molecule has 1 N–H and O–H groups in total. The molecule has 1 aromatic rings. The average Bonchev–Trinajstić information content (AvgIpc) is 3.07. The zero-order valence-electron chi connectivity index (χ0n) is 9.73. The van der Waals surface area contributed by atoms with E-state index in [1.54, 1.807) is 24.3 Å². The van der Waals surface area contributed by atoms with Gasteiger partial charge in [0.15, 0.2) is 0 Å². The van der Waals surface area contributed by atoms with Gasteiger partial charge in [-0.3, -0.25) is 9.59 Å². The maximum atomic E-state index is 12.2. The number of hydrogen-bond donors (Lipinski definition) is 1. The number of hydrogen-bond acceptors (Lipinski definition) is 3. The van der Waals surface area contributed by atoms with Crippen LogP contribution in [0.4, 0.5) is 5.69 Å². The second kappa shape index (κ2) is 4.37. The molecule has 1 saturated heterocycles. The highest BCUT2D eigenvalue weighted by molar-refractivity contribution is 6.31. The number of amides is 2. The highest BCUT2D eigenvalue weighted by Gasteiger charge is 2.41. The Morgan fingerprint density at radius 2 is 2.06 bits per heavy atom. The summed E-state index contributed by atoms with van der Waals surface area (Å²) < 4.78 is 0. The van der Waals surface area contributed by atoms with E-state index in [0.29, 0.717) is 16.8 Å². The number of carbonyl (C=O) groups excluding carboxylic acids is 2. The molecular formula is C13H13ClN2O2. The summed E-state index contributed by atoms with van der Waals surface area (Å²) in [6.07, 6.45) is 2.42. The van der Waals surface area contributed by atoms with Gasteiger partial charge in [-0.2, -0.15) is 0 Å². The molecule has 0 bridgehead atoms. The fourth-order valence-electron chi connectivity index (χ4n) is 2.18. The summed E-state index contributed by atoms with van der Waals surface area (Å²) in [6, 6.07) is 6.85. The lowest BCUT2D eigenvalue weighted by Gasteiger charge is -2.15. The zero-order chi connectivity index (χ0) is 12.7. The van der Waals surface area contributed by atoms with Crippen LogP contribution in [-0.4, -0.2) is 23.9 Å². The number of carbonyl (C=O) groups is 2. The third-order valence-electron chi connectivity index (χ3n) is 3.23. The first-order chi connectivity index (χ1) is 8.65. The van der Waals surface area contributed by atoms with Crippen LogP contribution in [0.2, 0.25) is 5.02 Å². The Labute approximate surface area is 110 Å². The molecule has 1 unspecified atom stereocenters. The fraction of sp³-hybridized carbons (Fsp3) is 0.385. The average molecular weight is 265 g/mol. The number of nitrogens with zero attached hydrogens (tertiary/aromatic N) is 1. The van der Waals surface area contributed by atoms with Crippen LogP contribution in [0.15, 0.2) is 24.3 Å². The highest BCUT2D eigenvalue weighted by Crippen LogP contribution is 2.27. The maximum absolute atomic E-state index is 12.2. The minimum Gasteiger partial charge on any atom is -0.303 e. The van der Waals surface area contributed by atoms with Gasteiger partial charge in [-0.25, -0.2) is 4.90 Å². The van der Waals surface area contributed by atoms with Gasteiger partial charge in [-0.05, 0) is 31.0 Å². The van der Waals surface area contributed by atoms with E-state index in [0.717, 1.165) is 12.8 Å². The quantitative estimate of drug-likeness (QED) is 0.846. The lowest BCUT2D eigenvalue weighted by atomic mass is 10.2. The van der Waals surface area contributed by atoms with Crippen molar-refractivity contribution < 1.29 is 9.59 Å². The van der Waals surface area contributed by atoms with E-state index in [1.165, 1.54) is 4.90 Å². The molecule has 2 fully saturated rings. The van der Waals surface area contributed by atoms with Gasteiger partial charge in [0.1, 0.15) is 0 Å². The van der Waals surface area contributed by atoms with Gasteiger partial charge in [0.25, 0.3) is 5.91 Å². The van der Waals surface area contributed by atoms with Crippen LogP contribution in [-0.2, 0) is 9.59 Å². The third kappa shape index (κ3) is 2.13. The predicted molar refractivity (Wildman–Crippen MR) is 68.5 cm³/mol. The van der Waals surface area contributed by atoms with Crippen molar-refractivity contribution in [3.8, 4) is 0 Å². The SMILES string of the molecule is O=C1CC(NC2CC2)C(=O)N1c1cccc(Cl)c1. The minimum atomic E-state index is -0.371. The molecule has 2 aliphatic rings. The molecule has 1 aliphatic carbocycles. The van der Waals surface area contributed by atoms with E-state index in [9.17, 15) is 9.59 Å². The Bertz CT molecular complexity index is 513. The van der Waals surface area contributed by atoms with Gasteiger partial charge in [-0.15, -0.1) is 0 Å². The van der Waals surface area contributed by atoms with E-state index in [4.69, 9.17) is 11.6 Å². The van der Waals surface area contributed by atoms with Crippen molar-refractivity contribution in [1.29, 1.82) is 0 Å². The first kappa shape index (κ1) is 11.7. The van der Waals surface area contributed by atoms with Crippen LogP contribution in [0.1, 0.15) is 19.3 Å². The highest BCUT2D eigenvalue weighted by atomic mass is 35.5. The van der Waals surface area contributed by atoms with Crippen LogP contribution in [0.5, 0.6) is 0 Å². The Kier molecular flexibility index (Phi) is 2.84. The molecule has 1 aliphatic heterocycles. The summed E-state index contributed by atoms with van der Waals surface area (Å²) in [5.41, 5.74) is 0.553. The Hall–Kier alpha value is -1.39. The molecule has 1 heterocycles. The monoisotopic (exact) mass is 264 g/mol. The molecule has 5 heteroatoms. The molecule has 0 radical (unpaired) electrons. The van der Waals surface area contributed by atoms with Crippen molar-refractivity contribution in [3.63, 3.8) is 0 Å². The molecule has 0 spiro atoms. The number of anilines is 1. The van der Waals surface area contributed by atoms with Gasteiger partial charge < -0.3 is 5.32 Å². The van der Waals surface area contributed by atoms with Crippen LogP contribution in [0.25, 0.3) is 0 Å². The molecular weight excluding hydrogens is 252 g/mol. The smallest absolute Gasteiger partial charge is 0.251 e. The maximum Gasteiger partial charge on any atom is 0.251 e. The molecule has 0 aromatic heterocycles. The lowest BCUT2D eigenvalue weighted by molar-refractivity contribution is -0.121. The number of benzene rings is 1. The zero-order valence-corrected chi connectivity index (χ0v) is 10.5. The molecule has 94 valence electrons. The normalized spacial score (nSPS) is 23.8. The second-order valence-electron chi connectivity index (χ2n) is 4.74. The van der Waals surface area contributed by atoms with Crippen molar-refractivity contribution >= 4 is 29.1 Å². The van der Waals surface area contributed by atoms with Gasteiger partial charge in [0.05, 0.1) is 18.2 Å². The Morgan fingerprint density at radius 3 is 2.72 bits per heavy atom. The molecule has 3 rings (SSSR count). The molecule has 1 atom stereocenters. The van der Waals surface area contributed by atoms with E-state index >= 15 is 0 Å². The second-order valence-corrected chi connectivity index (χ2v) is 5.18. The van der Waals surface area contributed by atoms with E-state index < -0.39 is 0 Å². The first-order valence-electron chi connectivity index (χ1n) is 6.03. The standard InChI is InChI=1S/C13H13ClN2O2/c14-8-2-1-3-10(6-8)16-12(17)7-11(13(16)18)15-9-4-5-9/h1-3,6,9,11,15H,4-5,7H2. The van der Waals surface area contributed by atoms with Crippen LogP contribution < -0.4 is 10.2 Å². The van der Waals surface area contributed by atoms with Crippen LogP contribution >= 0.6 is 11.6 Å². The van der Waals surface area contributed by atoms with Crippen molar-refractivity contribution in [2.75, 3.05) is 4.90 Å². The number of nitrogens with one attached hydrogen (secondary N) is 1. The van der Waals surface area contributed by atoms with Gasteiger partial charge >= 0.3 is 0 Å². The van der Waals surface area contributed by atoms with Gasteiger partial charge in [0, 0.05) is 11.1 Å². The summed E-state index contributed by atoms with van der Waals surface area (Å²) in [5.74, 6) is -0.338. The molecule has 1 aromatic carbocycles. The third-order valence-corrected chi connectivity index (χ3v) is 3.46. The van der Waals surface area contributed by atoms with Crippen molar-refractivity contribution in [2.24, 2.45) is 0 Å².